The smallest absolute Gasteiger partial charge is 0.190 e. The molecule has 2 aromatic heterocycles. The molecule has 0 aromatic carbocycles. The third-order valence-electron chi connectivity index (χ3n) is 2.28. The first-order chi connectivity index (χ1) is 7.97. The molecule has 0 fully saturated rings. The summed E-state index contributed by atoms with van der Waals surface area (Å²) in [5.41, 5.74) is 1.49. The molecular formula is C11H13N3OS2. The quantitative estimate of drug-likeness (QED) is 0.802. The Kier molecular flexibility index (Phi) is 3.35. The van der Waals surface area contributed by atoms with Gasteiger partial charge < -0.3 is 0 Å². The van der Waals surface area contributed by atoms with Crippen LogP contribution in [0.15, 0.2) is 10.8 Å². The van der Waals surface area contributed by atoms with Gasteiger partial charge in [-0.25, -0.2) is 4.98 Å². The third-order valence-corrected chi connectivity index (χ3v) is 3.63. The van der Waals surface area contributed by atoms with E-state index in [0.29, 0.717) is 12.1 Å². The largest absolute Gasteiger partial charge is 0.292 e. The summed E-state index contributed by atoms with van der Waals surface area (Å²) in [6.45, 7) is 6.33. The number of carbonyl (C=O) groups is 1. The first-order valence-electron chi connectivity index (χ1n) is 5.22. The number of Topliss-reactive ketones (excluding diaryl/α,β-unsaturated/α-hetero) is 1. The molecule has 4 nitrogen and oxygen atoms in total. The van der Waals surface area contributed by atoms with Crippen LogP contribution in [0.4, 0.5) is 0 Å². The number of nitrogens with zero attached hydrogens (tertiary/aromatic N) is 3. The van der Waals surface area contributed by atoms with Crippen LogP contribution in [0.2, 0.25) is 0 Å². The van der Waals surface area contributed by atoms with Crippen molar-refractivity contribution in [2.45, 2.75) is 32.6 Å². The third kappa shape index (κ3) is 2.95. The van der Waals surface area contributed by atoms with E-state index in [1.54, 1.807) is 5.38 Å². The van der Waals surface area contributed by atoms with Crippen LogP contribution in [0.25, 0.3) is 0 Å². The molecule has 0 amide bonds. The normalized spacial score (nSPS) is 11.7. The minimum absolute atomic E-state index is 0.0199. The van der Waals surface area contributed by atoms with Crippen molar-refractivity contribution < 1.29 is 4.79 Å². The molecule has 2 heterocycles. The van der Waals surface area contributed by atoms with Crippen LogP contribution in [0.3, 0.4) is 0 Å². The van der Waals surface area contributed by atoms with E-state index in [0.717, 1.165) is 10.7 Å². The summed E-state index contributed by atoms with van der Waals surface area (Å²) in [5, 5.41) is 8.29. The lowest BCUT2D eigenvalue weighted by Gasteiger charge is -2.14. The molecule has 2 aromatic rings. The minimum atomic E-state index is -0.0199. The lowest BCUT2D eigenvalue weighted by atomic mass is 9.93. The van der Waals surface area contributed by atoms with E-state index in [-0.39, 0.29) is 11.2 Å². The van der Waals surface area contributed by atoms with Gasteiger partial charge in [0.25, 0.3) is 0 Å². The summed E-state index contributed by atoms with van der Waals surface area (Å²) in [7, 11) is 0. The molecule has 0 N–H and O–H groups in total. The molecule has 0 bridgehead atoms. The van der Waals surface area contributed by atoms with Gasteiger partial charge in [0.05, 0.1) is 12.1 Å². The van der Waals surface area contributed by atoms with Crippen molar-refractivity contribution in [2.75, 3.05) is 0 Å². The maximum atomic E-state index is 11.8. The second-order valence-corrected chi connectivity index (χ2v) is 6.32. The molecule has 0 aliphatic rings. The number of thiazole rings is 1. The Bertz CT molecular complexity index is 511. The summed E-state index contributed by atoms with van der Waals surface area (Å²) < 4.78 is 3.68. The van der Waals surface area contributed by atoms with Crippen LogP contribution >= 0.6 is 22.9 Å². The van der Waals surface area contributed by atoms with Gasteiger partial charge in [0.1, 0.15) is 10.7 Å². The van der Waals surface area contributed by atoms with Crippen molar-refractivity contribution in [1.29, 1.82) is 0 Å². The van der Waals surface area contributed by atoms with E-state index < -0.39 is 0 Å². The van der Waals surface area contributed by atoms with E-state index in [9.17, 15) is 4.79 Å². The number of aromatic nitrogens is 3. The van der Waals surface area contributed by atoms with Crippen molar-refractivity contribution >= 4 is 28.7 Å². The molecule has 0 unspecified atom stereocenters. The van der Waals surface area contributed by atoms with Crippen LogP contribution in [-0.4, -0.2) is 20.4 Å². The van der Waals surface area contributed by atoms with Crippen LogP contribution in [0.1, 0.15) is 42.0 Å². The number of rotatable bonds is 3. The molecule has 6 heteroatoms. The van der Waals surface area contributed by atoms with Crippen molar-refractivity contribution in [3.05, 3.63) is 27.2 Å². The Morgan fingerprint density at radius 2 is 2.12 bits per heavy atom. The zero-order valence-corrected chi connectivity index (χ0v) is 11.6. The zero-order chi connectivity index (χ0) is 12.5. The summed E-state index contributed by atoms with van der Waals surface area (Å²) in [6, 6.07) is 0. The van der Waals surface area contributed by atoms with E-state index >= 15 is 0 Å². The minimum Gasteiger partial charge on any atom is -0.292 e. The highest BCUT2D eigenvalue weighted by Gasteiger charge is 2.19. The monoisotopic (exact) mass is 267 g/mol. The van der Waals surface area contributed by atoms with Crippen LogP contribution in [0.5, 0.6) is 0 Å². The van der Waals surface area contributed by atoms with Gasteiger partial charge in [-0.1, -0.05) is 25.3 Å². The van der Waals surface area contributed by atoms with Crippen LogP contribution < -0.4 is 0 Å². The standard InChI is InChI=1S/C11H13N3OS2/c1-11(2,3)9-6-16-10(12-9)4-8(15)7-5-17-14-13-7/h5-6H,4H2,1-3H3. The Morgan fingerprint density at radius 1 is 1.35 bits per heavy atom. The van der Waals surface area contributed by atoms with E-state index in [4.69, 9.17) is 0 Å². The predicted molar refractivity (Wildman–Crippen MR) is 68.8 cm³/mol. The summed E-state index contributed by atoms with van der Waals surface area (Å²) in [6.07, 6.45) is 0.312. The average molecular weight is 267 g/mol. The van der Waals surface area contributed by atoms with Crippen LogP contribution in [-0.2, 0) is 11.8 Å². The second-order valence-electron chi connectivity index (χ2n) is 4.77. The molecule has 2 rings (SSSR count). The molecule has 0 saturated carbocycles. The second kappa shape index (κ2) is 4.62. The van der Waals surface area contributed by atoms with Gasteiger partial charge >= 0.3 is 0 Å². The van der Waals surface area contributed by atoms with Gasteiger partial charge in [-0.2, -0.15) is 0 Å². The van der Waals surface area contributed by atoms with Crippen molar-refractivity contribution in [3.8, 4) is 0 Å². The number of ketones is 1. The predicted octanol–water partition coefficient (Wildman–Crippen LogP) is 2.72. The molecule has 0 aliphatic heterocycles. The molecule has 90 valence electrons. The number of carbonyl (C=O) groups excluding carboxylic acids is 1. The topological polar surface area (TPSA) is 55.7 Å². The van der Waals surface area contributed by atoms with E-state index in [2.05, 4.69) is 35.3 Å². The first-order valence-corrected chi connectivity index (χ1v) is 6.93. The van der Waals surface area contributed by atoms with Gasteiger partial charge in [0.2, 0.25) is 0 Å². The van der Waals surface area contributed by atoms with Crippen molar-refractivity contribution in [1.82, 2.24) is 14.6 Å². The molecule has 0 spiro atoms. The lowest BCUT2D eigenvalue weighted by Crippen LogP contribution is -2.12. The van der Waals surface area contributed by atoms with Gasteiger partial charge in [0, 0.05) is 16.2 Å². The highest BCUT2D eigenvalue weighted by atomic mass is 32.1. The van der Waals surface area contributed by atoms with Gasteiger partial charge in [-0.3, -0.25) is 4.79 Å². The van der Waals surface area contributed by atoms with Crippen molar-refractivity contribution in [2.24, 2.45) is 0 Å². The fourth-order valence-corrected chi connectivity index (χ4v) is 2.73. The maximum absolute atomic E-state index is 11.8. The molecule has 0 atom stereocenters. The lowest BCUT2D eigenvalue weighted by molar-refractivity contribution is 0.0988. The highest BCUT2D eigenvalue weighted by molar-refractivity contribution is 7.09. The summed E-state index contributed by atoms with van der Waals surface area (Å²) >= 11 is 2.71. The van der Waals surface area contributed by atoms with Crippen LogP contribution in [0, 0.1) is 0 Å². The SMILES string of the molecule is CC(C)(C)c1csc(CC(=O)c2csnn2)n1. The Hall–Kier alpha value is -1.14. The van der Waals surface area contributed by atoms with Gasteiger partial charge in [-0.05, 0) is 11.5 Å². The van der Waals surface area contributed by atoms with E-state index in [1.807, 2.05) is 5.38 Å². The molecule has 0 radical (unpaired) electrons. The molecule has 17 heavy (non-hydrogen) atoms. The highest BCUT2D eigenvalue weighted by Crippen LogP contribution is 2.24. The fourth-order valence-electron chi connectivity index (χ4n) is 1.25. The number of hydrogen-bond acceptors (Lipinski definition) is 6. The fraction of sp³-hybridized carbons (Fsp3) is 0.455. The Labute approximate surface area is 108 Å². The van der Waals surface area contributed by atoms with Gasteiger partial charge in [0.15, 0.2) is 5.78 Å². The van der Waals surface area contributed by atoms with Crippen molar-refractivity contribution in [3.63, 3.8) is 0 Å². The average Bonchev–Trinajstić information content (AvgIpc) is 2.85. The number of hydrogen-bond donors (Lipinski definition) is 0. The van der Waals surface area contributed by atoms with Gasteiger partial charge in [-0.15, -0.1) is 16.4 Å². The molecule has 0 aliphatic carbocycles. The maximum Gasteiger partial charge on any atom is 0.190 e. The molecular weight excluding hydrogens is 254 g/mol. The summed E-state index contributed by atoms with van der Waals surface area (Å²) in [4.78, 5) is 16.3. The Balaban J connectivity index is 2.10. The molecule has 0 saturated heterocycles. The zero-order valence-electron chi connectivity index (χ0n) is 9.93. The van der Waals surface area contributed by atoms with E-state index in [1.165, 1.54) is 22.9 Å². The summed E-state index contributed by atoms with van der Waals surface area (Å²) in [5.74, 6) is -0.0199. The Morgan fingerprint density at radius 3 is 2.65 bits per heavy atom. The first kappa shape index (κ1) is 12.3.